The second-order valence-corrected chi connectivity index (χ2v) is 4.45. The maximum absolute atomic E-state index is 12.3. The molecule has 1 fully saturated rings. The van der Waals surface area contributed by atoms with Crippen LogP contribution in [0, 0.1) is 0 Å². The number of amides is 1. The fourth-order valence-corrected chi connectivity index (χ4v) is 2.16. The molecular formula is C12H17F2N3O. The molecule has 1 unspecified atom stereocenters. The van der Waals surface area contributed by atoms with Crippen molar-refractivity contribution in [1.82, 2.24) is 15.2 Å². The average molecular weight is 257 g/mol. The molecule has 1 aliphatic heterocycles. The number of piperidine rings is 1. The summed E-state index contributed by atoms with van der Waals surface area (Å²) in [5.41, 5.74) is 0.292. The van der Waals surface area contributed by atoms with E-state index in [-0.39, 0.29) is 11.9 Å². The average Bonchev–Trinajstić information content (AvgIpc) is 2.77. The van der Waals surface area contributed by atoms with E-state index >= 15 is 0 Å². The first-order valence-corrected chi connectivity index (χ1v) is 6.11. The lowest BCUT2D eigenvalue weighted by atomic mass is 10.1. The van der Waals surface area contributed by atoms with Gasteiger partial charge in [0.15, 0.2) is 0 Å². The van der Waals surface area contributed by atoms with E-state index in [0.29, 0.717) is 5.69 Å². The zero-order chi connectivity index (χ0) is 13.0. The molecule has 4 nitrogen and oxygen atoms in total. The van der Waals surface area contributed by atoms with Crippen LogP contribution in [0.1, 0.15) is 23.3 Å². The second-order valence-electron chi connectivity index (χ2n) is 4.45. The molecule has 1 atom stereocenters. The van der Waals surface area contributed by atoms with Crippen LogP contribution >= 0.6 is 0 Å². The van der Waals surface area contributed by atoms with Gasteiger partial charge in [-0.3, -0.25) is 4.79 Å². The highest BCUT2D eigenvalue weighted by molar-refractivity contribution is 5.92. The first-order chi connectivity index (χ1) is 8.66. The van der Waals surface area contributed by atoms with Crippen molar-refractivity contribution < 1.29 is 13.6 Å². The minimum atomic E-state index is -2.46. The van der Waals surface area contributed by atoms with Gasteiger partial charge in [0, 0.05) is 18.8 Å². The number of carbonyl (C=O) groups is 1. The van der Waals surface area contributed by atoms with Gasteiger partial charge in [0.2, 0.25) is 0 Å². The summed E-state index contributed by atoms with van der Waals surface area (Å²) in [4.78, 5) is 12.0. The number of carbonyl (C=O) groups excluding carboxylic acids is 1. The topological polar surface area (TPSA) is 46.1 Å². The Bertz CT molecular complexity index is 400. The number of nitrogens with one attached hydrogen (secondary N) is 2. The molecule has 0 aromatic carbocycles. The standard InChI is InChI=1S/C12H17F2N3O/c13-11(14)8-17-6-2-4-10(17)12(18)16-9-3-1-5-15-7-9/h2,4,6,9,11,15H,1,3,5,7-8H2,(H,16,18). The van der Waals surface area contributed by atoms with Gasteiger partial charge in [-0.1, -0.05) is 0 Å². The number of hydrogen-bond donors (Lipinski definition) is 2. The Morgan fingerprint density at radius 3 is 3.11 bits per heavy atom. The van der Waals surface area contributed by atoms with Gasteiger partial charge in [-0.15, -0.1) is 0 Å². The summed E-state index contributed by atoms with van der Waals surface area (Å²) in [6.07, 6.45) is 0.984. The van der Waals surface area contributed by atoms with Gasteiger partial charge >= 0.3 is 0 Å². The normalized spacial score (nSPS) is 20.1. The van der Waals surface area contributed by atoms with Crippen molar-refractivity contribution in [1.29, 1.82) is 0 Å². The molecule has 2 heterocycles. The van der Waals surface area contributed by atoms with E-state index < -0.39 is 13.0 Å². The molecule has 2 N–H and O–H groups in total. The molecule has 0 bridgehead atoms. The minimum Gasteiger partial charge on any atom is -0.347 e. The first-order valence-electron chi connectivity index (χ1n) is 6.11. The van der Waals surface area contributed by atoms with Crippen molar-refractivity contribution in [3.05, 3.63) is 24.0 Å². The van der Waals surface area contributed by atoms with Gasteiger partial charge in [-0.2, -0.15) is 0 Å². The second kappa shape index (κ2) is 5.95. The lowest BCUT2D eigenvalue weighted by Crippen LogP contribution is -2.46. The Balaban J connectivity index is 1.97. The maximum atomic E-state index is 12.3. The molecule has 1 saturated heterocycles. The molecule has 2 rings (SSSR count). The van der Waals surface area contributed by atoms with E-state index in [0.717, 1.165) is 25.9 Å². The van der Waals surface area contributed by atoms with Gasteiger partial charge < -0.3 is 15.2 Å². The highest BCUT2D eigenvalue weighted by Crippen LogP contribution is 2.08. The fourth-order valence-electron chi connectivity index (χ4n) is 2.16. The van der Waals surface area contributed by atoms with Crippen LogP contribution in [0.2, 0.25) is 0 Å². The van der Waals surface area contributed by atoms with Crippen LogP contribution in [0.5, 0.6) is 0 Å². The van der Waals surface area contributed by atoms with Gasteiger partial charge in [0.05, 0.1) is 6.54 Å². The highest BCUT2D eigenvalue weighted by atomic mass is 19.3. The molecule has 1 aromatic heterocycles. The summed E-state index contributed by atoms with van der Waals surface area (Å²) in [5, 5.41) is 6.06. The Hall–Kier alpha value is -1.43. The number of aromatic nitrogens is 1. The minimum absolute atomic E-state index is 0.0844. The first kappa shape index (κ1) is 13.0. The van der Waals surface area contributed by atoms with E-state index in [1.165, 1.54) is 10.8 Å². The van der Waals surface area contributed by atoms with Crippen LogP contribution in [-0.2, 0) is 6.54 Å². The molecule has 0 saturated carbocycles. The molecule has 6 heteroatoms. The predicted octanol–water partition coefficient (Wildman–Crippen LogP) is 1.23. The van der Waals surface area contributed by atoms with Crippen LogP contribution < -0.4 is 10.6 Å². The van der Waals surface area contributed by atoms with Crippen molar-refractivity contribution in [2.45, 2.75) is 31.9 Å². The third kappa shape index (κ3) is 3.29. The zero-order valence-corrected chi connectivity index (χ0v) is 10.0. The van der Waals surface area contributed by atoms with Crippen LogP contribution in [0.4, 0.5) is 8.78 Å². The predicted molar refractivity (Wildman–Crippen MR) is 63.8 cm³/mol. The third-order valence-corrected chi connectivity index (χ3v) is 3.03. The molecule has 100 valence electrons. The molecule has 0 aliphatic carbocycles. The summed E-state index contributed by atoms with van der Waals surface area (Å²) in [7, 11) is 0. The van der Waals surface area contributed by atoms with Crippen LogP contribution in [0.15, 0.2) is 18.3 Å². The Morgan fingerprint density at radius 2 is 2.44 bits per heavy atom. The lowest BCUT2D eigenvalue weighted by molar-refractivity contribution is 0.0908. The summed E-state index contributed by atoms with van der Waals surface area (Å²) in [5.74, 6) is -0.283. The summed E-state index contributed by atoms with van der Waals surface area (Å²) in [6.45, 7) is 1.26. The molecule has 1 amide bonds. The lowest BCUT2D eigenvalue weighted by Gasteiger charge is -2.24. The van der Waals surface area contributed by atoms with Crippen molar-refractivity contribution in [2.75, 3.05) is 13.1 Å². The summed E-state index contributed by atoms with van der Waals surface area (Å²) >= 11 is 0. The number of hydrogen-bond acceptors (Lipinski definition) is 2. The van der Waals surface area contributed by atoms with Crippen LogP contribution in [0.3, 0.4) is 0 Å². The van der Waals surface area contributed by atoms with Gasteiger partial charge in [0.25, 0.3) is 12.3 Å². The van der Waals surface area contributed by atoms with Gasteiger partial charge in [0.1, 0.15) is 5.69 Å². The fraction of sp³-hybridized carbons (Fsp3) is 0.583. The largest absolute Gasteiger partial charge is 0.347 e. The molecular weight excluding hydrogens is 240 g/mol. The van der Waals surface area contributed by atoms with Crippen molar-refractivity contribution in [3.8, 4) is 0 Å². The van der Waals surface area contributed by atoms with Crippen LogP contribution in [0.25, 0.3) is 0 Å². The van der Waals surface area contributed by atoms with E-state index in [9.17, 15) is 13.6 Å². The van der Waals surface area contributed by atoms with Gasteiger partial charge in [-0.05, 0) is 31.5 Å². The van der Waals surface area contributed by atoms with E-state index in [4.69, 9.17) is 0 Å². The molecule has 1 aromatic rings. The highest BCUT2D eigenvalue weighted by Gasteiger charge is 2.19. The van der Waals surface area contributed by atoms with Crippen molar-refractivity contribution in [3.63, 3.8) is 0 Å². The third-order valence-electron chi connectivity index (χ3n) is 3.03. The Kier molecular flexibility index (Phi) is 4.30. The molecule has 0 spiro atoms. The Labute approximate surface area is 104 Å². The zero-order valence-electron chi connectivity index (χ0n) is 10.0. The van der Waals surface area contributed by atoms with Crippen molar-refractivity contribution in [2.24, 2.45) is 0 Å². The summed E-state index contributed by atoms with van der Waals surface area (Å²) in [6, 6.07) is 3.26. The Morgan fingerprint density at radius 1 is 1.61 bits per heavy atom. The molecule has 18 heavy (non-hydrogen) atoms. The monoisotopic (exact) mass is 257 g/mol. The maximum Gasteiger partial charge on any atom is 0.268 e. The summed E-state index contributed by atoms with van der Waals surface area (Å²) < 4.78 is 26.0. The number of halogens is 2. The number of rotatable bonds is 4. The SMILES string of the molecule is O=C(NC1CCCNC1)c1cccn1CC(F)F. The van der Waals surface area contributed by atoms with Crippen LogP contribution in [-0.4, -0.2) is 36.0 Å². The molecule has 1 aliphatic rings. The van der Waals surface area contributed by atoms with E-state index in [1.807, 2.05) is 0 Å². The quantitative estimate of drug-likeness (QED) is 0.852. The smallest absolute Gasteiger partial charge is 0.268 e. The van der Waals surface area contributed by atoms with E-state index in [1.54, 1.807) is 12.1 Å². The number of nitrogens with zero attached hydrogens (tertiary/aromatic N) is 1. The van der Waals surface area contributed by atoms with Crippen molar-refractivity contribution >= 4 is 5.91 Å². The van der Waals surface area contributed by atoms with Gasteiger partial charge in [-0.25, -0.2) is 8.78 Å². The molecule has 0 radical (unpaired) electrons. The van der Waals surface area contributed by atoms with E-state index in [2.05, 4.69) is 10.6 Å². The number of alkyl halides is 2.